The minimum atomic E-state index is -0.206. The average Bonchev–Trinajstić information content (AvgIpc) is 2.36. The molecule has 0 fully saturated rings. The summed E-state index contributed by atoms with van der Waals surface area (Å²) in [5.41, 5.74) is 1.80. The molecular weight excluding hydrogens is 269 g/mol. The molecule has 0 amide bonds. The maximum atomic E-state index is 9.46. The summed E-state index contributed by atoms with van der Waals surface area (Å²) in [7, 11) is 0. The first-order valence-electron chi connectivity index (χ1n) is 5.57. The molecule has 0 saturated carbocycles. The van der Waals surface area contributed by atoms with Crippen LogP contribution in [0.15, 0.2) is 48.5 Å². The molecule has 0 aromatic heterocycles. The molecule has 4 heteroatoms. The molecule has 0 bridgehead atoms. The Hall–Kier alpha value is -1.22. The van der Waals surface area contributed by atoms with Gasteiger partial charge in [0.1, 0.15) is 0 Å². The summed E-state index contributed by atoms with van der Waals surface area (Å²) >= 11 is 11.9. The second-order valence-electron chi connectivity index (χ2n) is 3.94. The van der Waals surface area contributed by atoms with Crippen LogP contribution >= 0.6 is 23.2 Å². The van der Waals surface area contributed by atoms with E-state index < -0.39 is 0 Å². The minimum Gasteiger partial charge on any atom is -0.394 e. The molecule has 94 valence electrons. The van der Waals surface area contributed by atoms with E-state index in [2.05, 4.69) is 5.32 Å². The van der Waals surface area contributed by atoms with Crippen LogP contribution in [0, 0.1) is 0 Å². The average molecular weight is 282 g/mol. The largest absolute Gasteiger partial charge is 0.394 e. The van der Waals surface area contributed by atoms with Gasteiger partial charge >= 0.3 is 0 Å². The molecule has 2 aromatic rings. The van der Waals surface area contributed by atoms with E-state index >= 15 is 0 Å². The first-order valence-corrected chi connectivity index (χ1v) is 6.33. The summed E-state index contributed by atoms with van der Waals surface area (Å²) in [6.07, 6.45) is 0. The van der Waals surface area contributed by atoms with Crippen LogP contribution in [0.2, 0.25) is 10.0 Å². The van der Waals surface area contributed by atoms with Gasteiger partial charge in [-0.25, -0.2) is 0 Å². The van der Waals surface area contributed by atoms with Crippen molar-refractivity contribution in [3.8, 4) is 0 Å². The van der Waals surface area contributed by atoms with Crippen molar-refractivity contribution in [2.45, 2.75) is 6.04 Å². The number of rotatable bonds is 4. The Morgan fingerprint density at radius 3 is 2.28 bits per heavy atom. The Morgan fingerprint density at radius 2 is 1.67 bits per heavy atom. The monoisotopic (exact) mass is 281 g/mol. The highest BCUT2D eigenvalue weighted by atomic mass is 35.5. The lowest BCUT2D eigenvalue weighted by Crippen LogP contribution is -2.14. The Balaban J connectivity index is 2.19. The molecule has 2 N–H and O–H groups in total. The molecule has 0 aliphatic carbocycles. The lowest BCUT2D eigenvalue weighted by molar-refractivity contribution is 0.276. The number of halogens is 2. The van der Waals surface area contributed by atoms with E-state index in [0.29, 0.717) is 10.0 Å². The van der Waals surface area contributed by atoms with Gasteiger partial charge in [-0.3, -0.25) is 0 Å². The third-order valence-corrected chi connectivity index (χ3v) is 3.07. The van der Waals surface area contributed by atoms with E-state index in [1.807, 2.05) is 36.4 Å². The van der Waals surface area contributed by atoms with Crippen LogP contribution in [-0.4, -0.2) is 11.7 Å². The van der Waals surface area contributed by atoms with Gasteiger partial charge in [-0.05, 0) is 35.9 Å². The standard InChI is InChI=1S/C14H13Cl2NO/c15-11-4-1-3-10(7-11)14(9-18)17-13-6-2-5-12(16)8-13/h1-8,14,17-18H,9H2. The fourth-order valence-corrected chi connectivity index (χ4v) is 2.13. The summed E-state index contributed by atoms with van der Waals surface area (Å²) in [6.45, 7) is -0.0210. The fourth-order valence-electron chi connectivity index (χ4n) is 1.74. The highest BCUT2D eigenvalue weighted by Crippen LogP contribution is 2.23. The SMILES string of the molecule is OCC(Nc1cccc(Cl)c1)c1cccc(Cl)c1. The fraction of sp³-hybridized carbons (Fsp3) is 0.143. The first kappa shape index (κ1) is 13.2. The van der Waals surface area contributed by atoms with Crippen LogP contribution in [0.5, 0.6) is 0 Å². The third-order valence-electron chi connectivity index (χ3n) is 2.60. The van der Waals surface area contributed by atoms with Gasteiger partial charge in [0.2, 0.25) is 0 Å². The number of hydrogen-bond acceptors (Lipinski definition) is 2. The van der Waals surface area contributed by atoms with E-state index in [-0.39, 0.29) is 12.6 Å². The van der Waals surface area contributed by atoms with Crippen LogP contribution in [0.4, 0.5) is 5.69 Å². The van der Waals surface area contributed by atoms with Gasteiger partial charge < -0.3 is 10.4 Å². The molecule has 2 nitrogen and oxygen atoms in total. The predicted octanol–water partition coefficient (Wildman–Crippen LogP) is 4.14. The first-order chi connectivity index (χ1) is 8.69. The molecule has 2 aromatic carbocycles. The lowest BCUT2D eigenvalue weighted by Gasteiger charge is -2.18. The number of anilines is 1. The highest BCUT2D eigenvalue weighted by molar-refractivity contribution is 6.31. The molecule has 0 spiro atoms. The Bertz CT molecular complexity index is 531. The van der Waals surface area contributed by atoms with Gasteiger partial charge in [-0.2, -0.15) is 0 Å². The molecule has 2 rings (SSSR count). The summed E-state index contributed by atoms with van der Waals surface area (Å²) in [5, 5.41) is 14.0. The van der Waals surface area contributed by atoms with E-state index in [0.717, 1.165) is 11.3 Å². The van der Waals surface area contributed by atoms with E-state index in [1.165, 1.54) is 0 Å². The second kappa shape index (κ2) is 6.10. The third kappa shape index (κ3) is 3.39. The zero-order chi connectivity index (χ0) is 13.0. The van der Waals surface area contributed by atoms with Crippen molar-refractivity contribution in [3.63, 3.8) is 0 Å². The van der Waals surface area contributed by atoms with E-state index in [9.17, 15) is 5.11 Å². The summed E-state index contributed by atoms with van der Waals surface area (Å²) in [6, 6.07) is 14.6. The van der Waals surface area contributed by atoms with Crippen molar-refractivity contribution >= 4 is 28.9 Å². The molecule has 0 aliphatic heterocycles. The van der Waals surface area contributed by atoms with Gasteiger partial charge in [0.25, 0.3) is 0 Å². The highest BCUT2D eigenvalue weighted by Gasteiger charge is 2.10. The molecule has 1 atom stereocenters. The van der Waals surface area contributed by atoms with Crippen molar-refractivity contribution in [2.24, 2.45) is 0 Å². The number of hydrogen-bond donors (Lipinski definition) is 2. The Morgan fingerprint density at radius 1 is 1.00 bits per heavy atom. The van der Waals surface area contributed by atoms with Gasteiger partial charge in [0, 0.05) is 15.7 Å². The Labute approximate surface area is 116 Å². The second-order valence-corrected chi connectivity index (χ2v) is 4.82. The molecule has 0 heterocycles. The summed E-state index contributed by atoms with van der Waals surface area (Å²) < 4.78 is 0. The van der Waals surface area contributed by atoms with Gasteiger partial charge in [0.05, 0.1) is 12.6 Å². The van der Waals surface area contributed by atoms with Crippen molar-refractivity contribution < 1.29 is 5.11 Å². The van der Waals surface area contributed by atoms with Crippen LogP contribution in [0.25, 0.3) is 0 Å². The molecule has 0 radical (unpaired) electrons. The molecule has 1 unspecified atom stereocenters. The molecular formula is C14H13Cl2NO. The van der Waals surface area contributed by atoms with E-state index in [4.69, 9.17) is 23.2 Å². The van der Waals surface area contributed by atoms with Crippen molar-refractivity contribution in [1.29, 1.82) is 0 Å². The molecule has 0 saturated heterocycles. The Kier molecular flexibility index (Phi) is 4.48. The number of nitrogens with one attached hydrogen (secondary N) is 1. The maximum absolute atomic E-state index is 9.46. The predicted molar refractivity (Wildman–Crippen MR) is 76.4 cm³/mol. The molecule has 0 aliphatic rings. The summed E-state index contributed by atoms with van der Waals surface area (Å²) in [4.78, 5) is 0. The lowest BCUT2D eigenvalue weighted by atomic mass is 10.1. The van der Waals surface area contributed by atoms with Crippen LogP contribution in [0.1, 0.15) is 11.6 Å². The van der Waals surface area contributed by atoms with Crippen molar-refractivity contribution in [3.05, 3.63) is 64.1 Å². The topological polar surface area (TPSA) is 32.3 Å². The van der Waals surface area contributed by atoms with Crippen molar-refractivity contribution in [2.75, 3.05) is 11.9 Å². The van der Waals surface area contributed by atoms with Crippen molar-refractivity contribution in [1.82, 2.24) is 0 Å². The zero-order valence-corrected chi connectivity index (χ0v) is 11.1. The van der Waals surface area contributed by atoms with Crippen LogP contribution < -0.4 is 5.32 Å². The van der Waals surface area contributed by atoms with Gasteiger partial charge in [-0.15, -0.1) is 0 Å². The van der Waals surface area contributed by atoms with Crippen LogP contribution in [0.3, 0.4) is 0 Å². The maximum Gasteiger partial charge on any atom is 0.0745 e. The zero-order valence-electron chi connectivity index (χ0n) is 9.61. The number of aliphatic hydroxyl groups is 1. The van der Waals surface area contributed by atoms with E-state index in [1.54, 1.807) is 12.1 Å². The normalized spacial score (nSPS) is 12.2. The quantitative estimate of drug-likeness (QED) is 0.883. The van der Waals surface area contributed by atoms with Crippen LogP contribution in [-0.2, 0) is 0 Å². The number of aliphatic hydroxyl groups excluding tert-OH is 1. The van der Waals surface area contributed by atoms with Gasteiger partial charge in [0.15, 0.2) is 0 Å². The minimum absolute atomic E-state index is 0.0210. The summed E-state index contributed by atoms with van der Waals surface area (Å²) in [5.74, 6) is 0. The molecule has 18 heavy (non-hydrogen) atoms. The number of benzene rings is 2. The smallest absolute Gasteiger partial charge is 0.0745 e. The van der Waals surface area contributed by atoms with Gasteiger partial charge in [-0.1, -0.05) is 41.4 Å².